The number of carbonyl (C=O) groups excluding carboxylic acids is 3. The third-order valence-corrected chi connectivity index (χ3v) is 3.93. The molecule has 0 saturated carbocycles. The van der Waals surface area contributed by atoms with Crippen molar-refractivity contribution in [3.63, 3.8) is 0 Å². The predicted molar refractivity (Wildman–Crippen MR) is 95.7 cm³/mol. The second kappa shape index (κ2) is 9.32. The molecule has 0 aromatic heterocycles. The highest BCUT2D eigenvalue weighted by Crippen LogP contribution is 2.34. The lowest BCUT2D eigenvalue weighted by atomic mass is 9.79. The van der Waals surface area contributed by atoms with Gasteiger partial charge in [0.1, 0.15) is 23.1 Å². The van der Waals surface area contributed by atoms with Gasteiger partial charge in [0.25, 0.3) is 0 Å². The van der Waals surface area contributed by atoms with Crippen molar-refractivity contribution in [2.45, 2.75) is 51.8 Å². The molecule has 0 fully saturated rings. The summed E-state index contributed by atoms with van der Waals surface area (Å²) in [5, 5.41) is 0. The van der Waals surface area contributed by atoms with E-state index in [1.165, 1.54) is 7.11 Å². The van der Waals surface area contributed by atoms with Crippen LogP contribution < -0.4 is 0 Å². The second-order valence-corrected chi connectivity index (χ2v) is 7.43. The Balaban J connectivity index is 3.38. The quantitative estimate of drug-likeness (QED) is 0.487. The summed E-state index contributed by atoms with van der Waals surface area (Å²) in [6.07, 6.45) is -4.64. The molecule has 5 nitrogen and oxygen atoms in total. The van der Waals surface area contributed by atoms with Crippen molar-refractivity contribution >= 4 is 17.5 Å². The van der Waals surface area contributed by atoms with Crippen LogP contribution in [0.2, 0.25) is 0 Å². The number of Topliss-reactive ketones (excluding diaryl/α,β-unsaturated/α-hetero) is 2. The summed E-state index contributed by atoms with van der Waals surface area (Å²) in [5.41, 5.74) is -1.65. The summed E-state index contributed by atoms with van der Waals surface area (Å²) < 4.78 is 48.7. The number of esters is 1. The van der Waals surface area contributed by atoms with Crippen LogP contribution in [0.25, 0.3) is 0 Å². The normalized spacial score (nSPS) is 14.3. The van der Waals surface area contributed by atoms with Crippen LogP contribution in [0.15, 0.2) is 24.3 Å². The summed E-state index contributed by atoms with van der Waals surface area (Å²) in [5.74, 6) is -4.71. The fourth-order valence-electron chi connectivity index (χ4n) is 2.70. The molecule has 156 valence electrons. The highest BCUT2D eigenvalue weighted by Gasteiger charge is 2.41. The van der Waals surface area contributed by atoms with Crippen molar-refractivity contribution < 1.29 is 37.0 Å². The van der Waals surface area contributed by atoms with E-state index in [4.69, 9.17) is 9.47 Å². The molecule has 0 aliphatic carbocycles. The van der Waals surface area contributed by atoms with Gasteiger partial charge in [0.2, 0.25) is 0 Å². The number of benzene rings is 1. The Hall–Kier alpha value is -2.22. The summed E-state index contributed by atoms with van der Waals surface area (Å²) in [6, 6.07) is 3.85. The first kappa shape index (κ1) is 23.8. The van der Waals surface area contributed by atoms with Crippen LogP contribution in [0.1, 0.15) is 51.2 Å². The van der Waals surface area contributed by atoms with Crippen molar-refractivity contribution in [1.29, 1.82) is 0 Å². The molecular weight excluding hydrogens is 377 g/mol. The number of carbonyl (C=O) groups is 3. The average Bonchev–Trinajstić information content (AvgIpc) is 2.54. The van der Waals surface area contributed by atoms with E-state index in [1.54, 1.807) is 20.8 Å². The molecular formula is C20H25F3O5. The smallest absolute Gasteiger partial charge is 0.416 e. The van der Waals surface area contributed by atoms with Gasteiger partial charge in [-0.1, -0.05) is 12.1 Å². The van der Waals surface area contributed by atoms with Gasteiger partial charge in [-0.05, 0) is 45.4 Å². The van der Waals surface area contributed by atoms with E-state index in [-0.39, 0.29) is 18.6 Å². The Morgan fingerprint density at radius 1 is 1.04 bits per heavy atom. The topological polar surface area (TPSA) is 69.7 Å². The maximum atomic E-state index is 12.8. The van der Waals surface area contributed by atoms with Gasteiger partial charge in [-0.3, -0.25) is 14.4 Å². The van der Waals surface area contributed by atoms with Crippen molar-refractivity contribution in [3.8, 4) is 0 Å². The fraction of sp³-hybridized carbons (Fsp3) is 0.550. The molecule has 1 rings (SSSR count). The number of rotatable bonds is 8. The number of alkyl halides is 3. The van der Waals surface area contributed by atoms with Crippen molar-refractivity contribution in [3.05, 3.63) is 35.4 Å². The first-order chi connectivity index (χ1) is 12.8. The summed E-state index contributed by atoms with van der Waals surface area (Å²) >= 11 is 0. The Kier molecular flexibility index (Phi) is 7.93. The Morgan fingerprint density at radius 2 is 1.57 bits per heavy atom. The molecule has 0 saturated heterocycles. The van der Waals surface area contributed by atoms with Gasteiger partial charge in [0, 0.05) is 13.5 Å². The number of ketones is 2. The lowest BCUT2D eigenvalue weighted by Gasteiger charge is -2.27. The number of halogens is 3. The first-order valence-corrected chi connectivity index (χ1v) is 8.70. The second-order valence-electron chi connectivity index (χ2n) is 7.43. The lowest BCUT2D eigenvalue weighted by molar-refractivity contribution is -0.164. The van der Waals surface area contributed by atoms with E-state index in [9.17, 15) is 27.6 Å². The minimum absolute atomic E-state index is 0.0505. The minimum atomic E-state index is -4.54. The molecule has 1 aromatic carbocycles. The molecule has 2 atom stereocenters. The largest absolute Gasteiger partial charge is 0.459 e. The van der Waals surface area contributed by atoms with Crippen LogP contribution in [-0.2, 0) is 30.0 Å². The van der Waals surface area contributed by atoms with Gasteiger partial charge < -0.3 is 9.47 Å². The third-order valence-electron chi connectivity index (χ3n) is 3.93. The molecule has 2 unspecified atom stereocenters. The maximum Gasteiger partial charge on any atom is 0.416 e. The van der Waals surface area contributed by atoms with E-state index >= 15 is 0 Å². The Morgan fingerprint density at radius 3 is 1.96 bits per heavy atom. The Bertz CT molecular complexity index is 702. The first-order valence-electron chi connectivity index (χ1n) is 8.70. The van der Waals surface area contributed by atoms with E-state index < -0.39 is 46.7 Å². The van der Waals surface area contributed by atoms with Crippen molar-refractivity contribution in [1.82, 2.24) is 0 Å². The predicted octanol–water partition coefficient (Wildman–Crippen LogP) is 3.94. The van der Waals surface area contributed by atoms with Crippen molar-refractivity contribution in [2.75, 3.05) is 13.7 Å². The van der Waals surface area contributed by atoms with E-state index in [2.05, 4.69) is 0 Å². The molecule has 0 N–H and O–H groups in total. The van der Waals surface area contributed by atoms with Crippen molar-refractivity contribution in [2.24, 2.45) is 5.92 Å². The fourth-order valence-corrected chi connectivity index (χ4v) is 2.70. The zero-order chi connectivity index (χ0) is 21.7. The van der Waals surface area contributed by atoms with Crippen LogP contribution in [0.5, 0.6) is 0 Å². The van der Waals surface area contributed by atoms with Crippen LogP contribution in [-0.4, -0.2) is 36.9 Å². The number of ether oxygens (including phenoxy) is 2. The molecule has 0 spiro atoms. The van der Waals surface area contributed by atoms with E-state index in [0.29, 0.717) is 0 Å². The van der Waals surface area contributed by atoms with Gasteiger partial charge in [0.05, 0.1) is 18.1 Å². The monoisotopic (exact) mass is 402 g/mol. The van der Waals surface area contributed by atoms with Gasteiger partial charge >= 0.3 is 12.1 Å². The molecule has 1 aromatic rings. The molecule has 0 amide bonds. The van der Waals surface area contributed by atoms with E-state index in [0.717, 1.165) is 31.2 Å². The van der Waals surface area contributed by atoms with Crippen LogP contribution >= 0.6 is 0 Å². The maximum absolute atomic E-state index is 12.8. The van der Waals surface area contributed by atoms with Crippen LogP contribution in [0, 0.1) is 5.92 Å². The third kappa shape index (κ3) is 6.74. The SMILES string of the molecule is COCCC(=O)C(c1ccc(C(F)(F)F)cc1)C(C(C)=O)C(=O)OC(C)(C)C. The number of hydrogen-bond acceptors (Lipinski definition) is 5. The molecule has 28 heavy (non-hydrogen) atoms. The molecule has 0 heterocycles. The van der Waals surface area contributed by atoms with E-state index in [1.807, 2.05) is 0 Å². The van der Waals surface area contributed by atoms with Gasteiger partial charge in [0.15, 0.2) is 0 Å². The number of hydrogen-bond donors (Lipinski definition) is 0. The standard InChI is InChI=1S/C20H25F3O5/c1-12(24)16(18(26)28-19(2,3)4)17(15(25)10-11-27-5)13-6-8-14(9-7-13)20(21,22)23/h6-9,16-17H,10-11H2,1-5H3. The molecule has 0 radical (unpaired) electrons. The highest BCUT2D eigenvalue weighted by atomic mass is 19.4. The molecule has 0 aliphatic rings. The number of methoxy groups -OCH3 is 1. The highest BCUT2D eigenvalue weighted by molar-refractivity contribution is 6.04. The molecule has 0 bridgehead atoms. The molecule has 0 aliphatic heterocycles. The summed E-state index contributed by atoms with van der Waals surface area (Å²) in [4.78, 5) is 37.6. The summed E-state index contributed by atoms with van der Waals surface area (Å²) in [7, 11) is 1.39. The van der Waals surface area contributed by atoms with Gasteiger partial charge in [-0.25, -0.2) is 0 Å². The van der Waals surface area contributed by atoms with Gasteiger partial charge in [-0.2, -0.15) is 13.2 Å². The Labute approximate surface area is 162 Å². The van der Waals surface area contributed by atoms with Crippen LogP contribution in [0.4, 0.5) is 13.2 Å². The average molecular weight is 402 g/mol. The molecule has 8 heteroatoms. The van der Waals surface area contributed by atoms with Gasteiger partial charge in [-0.15, -0.1) is 0 Å². The summed E-state index contributed by atoms with van der Waals surface area (Å²) in [6.45, 7) is 6.04. The lowest BCUT2D eigenvalue weighted by Crippen LogP contribution is -2.38. The minimum Gasteiger partial charge on any atom is -0.459 e. The zero-order valence-corrected chi connectivity index (χ0v) is 16.6. The van der Waals surface area contributed by atoms with Crippen LogP contribution in [0.3, 0.4) is 0 Å². The zero-order valence-electron chi connectivity index (χ0n) is 16.6.